The summed E-state index contributed by atoms with van der Waals surface area (Å²) in [6, 6.07) is 18.1. The van der Waals surface area contributed by atoms with Gasteiger partial charge in [-0.1, -0.05) is 42.5 Å². The molecular weight excluding hydrogens is 263 g/mol. The summed E-state index contributed by atoms with van der Waals surface area (Å²) in [4.78, 5) is 2.50. The summed E-state index contributed by atoms with van der Waals surface area (Å²) in [5.41, 5.74) is 2.50. The van der Waals surface area contributed by atoms with Crippen molar-refractivity contribution in [3.63, 3.8) is 0 Å². The molecule has 2 aromatic carbocycles. The molecule has 1 aliphatic rings. The van der Waals surface area contributed by atoms with Crippen molar-refractivity contribution in [3.8, 4) is 0 Å². The Balaban J connectivity index is 1.85. The lowest BCUT2D eigenvalue weighted by Gasteiger charge is -2.40. The predicted molar refractivity (Wildman–Crippen MR) is 83.6 cm³/mol. The van der Waals surface area contributed by atoms with Gasteiger partial charge in [-0.25, -0.2) is 4.39 Å². The molecule has 0 amide bonds. The number of nitrogens with one attached hydrogen (secondary N) is 1. The van der Waals surface area contributed by atoms with E-state index in [0.717, 1.165) is 19.6 Å². The van der Waals surface area contributed by atoms with E-state index in [9.17, 15) is 4.39 Å². The predicted octanol–water partition coefficient (Wildman–Crippen LogP) is 3.53. The fourth-order valence-corrected chi connectivity index (χ4v) is 3.10. The first-order valence-corrected chi connectivity index (χ1v) is 7.52. The summed E-state index contributed by atoms with van der Waals surface area (Å²) < 4.78 is 13.1. The molecule has 110 valence electrons. The first-order valence-electron chi connectivity index (χ1n) is 7.52. The van der Waals surface area contributed by atoms with Gasteiger partial charge >= 0.3 is 0 Å². The molecule has 1 N–H and O–H groups in total. The molecular formula is C18H21FN2. The van der Waals surface area contributed by atoms with Crippen LogP contribution in [0.3, 0.4) is 0 Å². The van der Waals surface area contributed by atoms with Crippen LogP contribution in [-0.4, -0.2) is 24.5 Å². The summed E-state index contributed by atoms with van der Waals surface area (Å²) in [7, 11) is 0. The Labute approximate surface area is 125 Å². The Hall–Kier alpha value is -1.71. The van der Waals surface area contributed by atoms with Gasteiger partial charge in [0.05, 0.1) is 0 Å². The lowest BCUT2D eigenvalue weighted by Crippen LogP contribution is -2.46. The number of hydrogen-bond donors (Lipinski definition) is 1. The number of halogens is 1. The van der Waals surface area contributed by atoms with Gasteiger partial charge < -0.3 is 5.32 Å². The van der Waals surface area contributed by atoms with Crippen LogP contribution in [-0.2, 0) is 0 Å². The van der Waals surface area contributed by atoms with Gasteiger partial charge in [-0.15, -0.1) is 0 Å². The van der Waals surface area contributed by atoms with Crippen molar-refractivity contribution in [2.45, 2.75) is 19.0 Å². The fourth-order valence-electron chi connectivity index (χ4n) is 3.10. The second kappa shape index (κ2) is 6.37. The molecule has 2 aromatic rings. The van der Waals surface area contributed by atoms with Crippen LogP contribution < -0.4 is 5.32 Å². The topological polar surface area (TPSA) is 15.3 Å². The van der Waals surface area contributed by atoms with E-state index in [2.05, 4.69) is 41.4 Å². The third-order valence-electron chi connectivity index (χ3n) is 4.32. The summed E-state index contributed by atoms with van der Waals surface area (Å²) >= 11 is 0. The Bertz CT molecular complexity index is 568. The van der Waals surface area contributed by atoms with Crippen molar-refractivity contribution in [1.82, 2.24) is 10.2 Å². The van der Waals surface area contributed by atoms with Gasteiger partial charge in [-0.3, -0.25) is 4.90 Å². The van der Waals surface area contributed by atoms with Gasteiger partial charge in [0.15, 0.2) is 0 Å². The maximum atomic E-state index is 13.1. The molecule has 0 saturated carbocycles. The van der Waals surface area contributed by atoms with Crippen molar-refractivity contribution in [2.75, 3.05) is 19.6 Å². The van der Waals surface area contributed by atoms with Gasteiger partial charge in [-0.2, -0.15) is 0 Å². The first-order chi connectivity index (χ1) is 10.3. The van der Waals surface area contributed by atoms with Crippen LogP contribution in [0.2, 0.25) is 0 Å². The standard InChI is InChI=1S/C18H21FN2/c1-14(15-7-9-17(19)10-8-15)21-12-11-20-13-18(21)16-5-3-2-4-6-16/h2-10,14,18,20H,11-13H2,1H3. The van der Waals surface area contributed by atoms with Crippen molar-refractivity contribution in [1.29, 1.82) is 0 Å². The van der Waals surface area contributed by atoms with E-state index in [1.54, 1.807) is 12.1 Å². The number of benzene rings is 2. The highest BCUT2D eigenvalue weighted by Gasteiger charge is 2.28. The SMILES string of the molecule is CC(c1ccc(F)cc1)N1CCNCC1c1ccccc1. The highest BCUT2D eigenvalue weighted by atomic mass is 19.1. The fraction of sp³-hybridized carbons (Fsp3) is 0.333. The van der Waals surface area contributed by atoms with Crippen molar-refractivity contribution in [3.05, 3.63) is 71.5 Å². The van der Waals surface area contributed by atoms with E-state index in [-0.39, 0.29) is 11.9 Å². The molecule has 3 heteroatoms. The normalized spacial score (nSPS) is 21.1. The second-order valence-electron chi connectivity index (χ2n) is 5.60. The molecule has 0 aromatic heterocycles. The Morgan fingerprint density at radius 1 is 1.10 bits per heavy atom. The molecule has 0 radical (unpaired) electrons. The summed E-state index contributed by atoms with van der Waals surface area (Å²) in [6.07, 6.45) is 0. The summed E-state index contributed by atoms with van der Waals surface area (Å²) in [5, 5.41) is 3.48. The van der Waals surface area contributed by atoms with E-state index >= 15 is 0 Å². The summed E-state index contributed by atoms with van der Waals surface area (Å²) in [5.74, 6) is -0.175. The van der Waals surface area contributed by atoms with Crippen LogP contribution in [0.25, 0.3) is 0 Å². The van der Waals surface area contributed by atoms with Crippen LogP contribution in [0.1, 0.15) is 30.1 Å². The van der Waals surface area contributed by atoms with Gasteiger partial charge in [0.2, 0.25) is 0 Å². The maximum absolute atomic E-state index is 13.1. The lowest BCUT2D eigenvalue weighted by atomic mass is 9.98. The van der Waals surface area contributed by atoms with E-state index in [0.29, 0.717) is 6.04 Å². The molecule has 1 saturated heterocycles. The van der Waals surface area contributed by atoms with E-state index in [1.807, 2.05) is 18.2 Å². The number of rotatable bonds is 3. The van der Waals surface area contributed by atoms with Crippen LogP contribution in [0, 0.1) is 5.82 Å². The molecule has 2 unspecified atom stereocenters. The molecule has 21 heavy (non-hydrogen) atoms. The van der Waals surface area contributed by atoms with Crippen LogP contribution in [0.4, 0.5) is 4.39 Å². The second-order valence-corrected chi connectivity index (χ2v) is 5.60. The van der Waals surface area contributed by atoms with Crippen LogP contribution in [0.15, 0.2) is 54.6 Å². The zero-order valence-electron chi connectivity index (χ0n) is 12.3. The quantitative estimate of drug-likeness (QED) is 0.927. The van der Waals surface area contributed by atoms with E-state index in [1.165, 1.54) is 11.1 Å². The van der Waals surface area contributed by atoms with Crippen molar-refractivity contribution < 1.29 is 4.39 Å². The van der Waals surface area contributed by atoms with Crippen molar-refractivity contribution >= 4 is 0 Å². The van der Waals surface area contributed by atoms with Gasteiger partial charge in [0, 0.05) is 31.7 Å². The van der Waals surface area contributed by atoms with Gasteiger partial charge in [0.1, 0.15) is 5.82 Å². The zero-order valence-corrected chi connectivity index (χ0v) is 12.3. The third-order valence-corrected chi connectivity index (χ3v) is 4.32. The van der Waals surface area contributed by atoms with E-state index in [4.69, 9.17) is 0 Å². The maximum Gasteiger partial charge on any atom is 0.123 e. The van der Waals surface area contributed by atoms with Gasteiger partial charge in [-0.05, 0) is 30.2 Å². The smallest absolute Gasteiger partial charge is 0.123 e. The average molecular weight is 284 g/mol. The molecule has 0 aliphatic carbocycles. The highest BCUT2D eigenvalue weighted by molar-refractivity contribution is 5.24. The molecule has 1 fully saturated rings. The van der Waals surface area contributed by atoms with Crippen LogP contribution in [0.5, 0.6) is 0 Å². The minimum absolute atomic E-state index is 0.175. The lowest BCUT2D eigenvalue weighted by molar-refractivity contribution is 0.115. The third kappa shape index (κ3) is 3.14. The van der Waals surface area contributed by atoms with Crippen molar-refractivity contribution in [2.24, 2.45) is 0 Å². The average Bonchev–Trinajstić information content (AvgIpc) is 2.56. The molecule has 1 heterocycles. The Kier molecular flexibility index (Phi) is 4.32. The molecule has 3 rings (SSSR count). The number of nitrogens with zero attached hydrogens (tertiary/aromatic N) is 1. The Morgan fingerprint density at radius 3 is 2.52 bits per heavy atom. The molecule has 2 nitrogen and oxygen atoms in total. The largest absolute Gasteiger partial charge is 0.314 e. The number of piperazine rings is 1. The molecule has 1 aliphatic heterocycles. The molecule has 0 bridgehead atoms. The molecule has 0 spiro atoms. The zero-order chi connectivity index (χ0) is 14.7. The Morgan fingerprint density at radius 2 is 1.81 bits per heavy atom. The van der Waals surface area contributed by atoms with E-state index < -0.39 is 0 Å². The minimum atomic E-state index is -0.175. The summed E-state index contributed by atoms with van der Waals surface area (Å²) in [6.45, 7) is 5.15. The number of hydrogen-bond acceptors (Lipinski definition) is 2. The van der Waals surface area contributed by atoms with Crippen LogP contribution >= 0.6 is 0 Å². The monoisotopic (exact) mass is 284 g/mol. The minimum Gasteiger partial charge on any atom is -0.314 e. The molecule has 2 atom stereocenters. The first kappa shape index (κ1) is 14.2. The van der Waals surface area contributed by atoms with Gasteiger partial charge in [0.25, 0.3) is 0 Å². The highest BCUT2D eigenvalue weighted by Crippen LogP contribution is 2.31.